The van der Waals surface area contributed by atoms with E-state index in [9.17, 15) is 9.18 Å². The fourth-order valence-corrected chi connectivity index (χ4v) is 2.56. The van der Waals surface area contributed by atoms with E-state index in [0.717, 1.165) is 12.0 Å². The molecule has 3 rings (SSSR count). The first-order valence-corrected chi connectivity index (χ1v) is 8.36. The molecule has 5 nitrogen and oxygen atoms in total. The Morgan fingerprint density at radius 1 is 1.12 bits per heavy atom. The van der Waals surface area contributed by atoms with Crippen LogP contribution in [0.5, 0.6) is 0 Å². The number of halogens is 2. The van der Waals surface area contributed by atoms with Gasteiger partial charge in [0.2, 0.25) is 5.95 Å². The molecule has 1 amide bonds. The average Bonchev–Trinajstić information content (AvgIpc) is 2.62. The summed E-state index contributed by atoms with van der Waals surface area (Å²) in [5, 5.41) is 6.37. The van der Waals surface area contributed by atoms with E-state index < -0.39 is 11.7 Å². The van der Waals surface area contributed by atoms with Gasteiger partial charge < -0.3 is 10.6 Å². The number of carbonyl (C=O) groups is 1. The molecule has 0 unspecified atom stereocenters. The van der Waals surface area contributed by atoms with Crippen molar-refractivity contribution in [3.05, 3.63) is 82.9 Å². The number of aromatic nitrogens is 2. The number of hydrogen-bond donors (Lipinski definition) is 2. The summed E-state index contributed by atoms with van der Waals surface area (Å²) in [7, 11) is 0. The lowest BCUT2D eigenvalue weighted by Crippen LogP contribution is -2.16. The van der Waals surface area contributed by atoms with E-state index in [1.54, 1.807) is 6.07 Å². The molecule has 0 aliphatic rings. The first-order valence-electron chi connectivity index (χ1n) is 7.98. The van der Waals surface area contributed by atoms with Gasteiger partial charge >= 0.3 is 0 Å². The molecule has 26 heavy (non-hydrogen) atoms. The van der Waals surface area contributed by atoms with Gasteiger partial charge in [0.05, 0.1) is 0 Å². The molecule has 0 atom stereocenters. The molecule has 0 bridgehead atoms. The summed E-state index contributed by atoms with van der Waals surface area (Å²) in [5.41, 5.74) is 1.64. The molecule has 132 valence electrons. The second-order valence-corrected chi connectivity index (χ2v) is 5.97. The zero-order chi connectivity index (χ0) is 18.4. The van der Waals surface area contributed by atoms with Crippen molar-refractivity contribution < 1.29 is 9.18 Å². The lowest BCUT2D eigenvalue weighted by atomic mass is 10.1. The number of carbonyl (C=O) groups excluding carboxylic acids is 1. The molecule has 0 saturated heterocycles. The molecule has 0 radical (unpaired) electrons. The van der Waals surface area contributed by atoms with E-state index in [-0.39, 0.29) is 5.69 Å². The Labute approximate surface area is 155 Å². The fraction of sp³-hybridized carbons (Fsp3) is 0.105. The topological polar surface area (TPSA) is 66.9 Å². The normalized spacial score (nSPS) is 10.4. The second-order valence-electron chi connectivity index (χ2n) is 5.54. The van der Waals surface area contributed by atoms with Crippen LogP contribution in [0.4, 0.5) is 16.0 Å². The number of benzene rings is 2. The summed E-state index contributed by atoms with van der Waals surface area (Å²) in [6, 6.07) is 14.8. The first kappa shape index (κ1) is 17.8. The minimum Gasteiger partial charge on any atom is -0.354 e. The van der Waals surface area contributed by atoms with E-state index in [1.165, 1.54) is 30.5 Å². The molecule has 2 aromatic carbocycles. The second kappa shape index (κ2) is 8.40. The minimum atomic E-state index is -0.434. The van der Waals surface area contributed by atoms with Crippen LogP contribution in [0.1, 0.15) is 16.1 Å². The van der Waals surface area contributed by atoms with Crippen molar-refractivity contribution in [2.45, 2.75) is 6.42 Å². The smallest absolute Gasteiger partial charge is 0.274 e. The third kappa shape index (κ3) is 5.00. The van der Waals surface area contributed by atoms with Crippen LogP contribution in [0.15, 0.2) is 60.8 Å². The summed E-state index contributed by atoms with van der Waals surface area (Å²) in [6.07, 6.45) is 2.23. The lowest BCUT2D eigenvalue weighted by Gasteiger charge is -2.08. The number of anilines is 2. The largest absolute Gasteiger partial charge is 0.354 e. The maximum Gasteiger partial charge on any atom is 0.274 e. The van der Waals surface area contributed by atoms with Crippen LogP contribution in [0.3, 0.4) is 0 Å². The number of hydrogen-bond acceptors (Lipinski definition) is 4. The van der Waals surface area contributed by atoms with Gasteiger partial charge in [-0.15, -0.1) is 0 Å². The van der Waals surface area contributed by atoms with E-state index in [4.69, 9.17) is 11.6 Å². The highest BCUT2D eigenvalue weighted by Crippen LogP contribution is 2.12. The highest BCUT2D eigenvalue weighted by molar-refractivity contribution is 6.30. The van der Waals surface area contributed by atoms with Gasteiger partial charge in [-0.25, -0.2) is 14.4 Å². The van der Waals surface area contributed by atoms with Crippen molar-refractivity contribution in [3.63, 3.8) is 0 Å². The van der Waals surface area contributed by atoms with Gasteiger partial charge in [-0.1, -0.05) is 29.8 Å². The quantitative estimate of drug-likeness (QED) is 0.683. The standard InChI is InChI=1S/C19H16ClFN4O/c20-14-4-1-3-13(11-14)7-9-22-19-23-10-8-17(25-19)18(26)24-16-6-2-5-15(21)12-16/h1-6,8,10-12H,7,9H2,(H,24,26)(H,22,23,25). The SMILES string of the molecule is O=C(Nc1cccc(F)c1)c1ccnc(NCCc2cccc(Cl)c2)n1. The van der Waals surface area contributed by atoms with Gasteiger partial charge in [0, 0.05) is 23.5 Å². The average molecular weight is 371 g/mol. The zero-order valence-electron chi connectivity index (χ0n) is 13.7. The van der Waals surface area contributed by atoms with Crippen LogP contribution in [0.25, 0.3) is 0 Å². The van der Waals surface area contributed by atoms with E-state index in [1.807, 2.05) is 24.3 Å². The van der Waals surface area contributed by atoms with Crippen molar-refractivity contribution in [1.29, 1.82) is 0 Å². The summed E-state index contributed by atoms with van der Waals surface area (Å²) in [6.45, 7) is 0.593. The molecular weight excluding hydrogens is 355 g/mol. The Morgan fingerprint density at radius 3 is 2.77 bits per heavy atom. The van der Waals surface area contributed by atoms with E-state index in [0.29, 0.717) is 23.2 Å². The van der Waals surface area contributed by atoms with E-state index >= 15 is 0 Å². The Hall–Kier alpha value is -2.99. The highest BCUT2D eigenvalue weighted by Gasteiger charge is 2.09. The third-order valence-corrected chi connectivity index (χ3v) is 3.79. The Bertz CT molecular complexity index is 919. The highest BCUT2D eigenvalue weighted by atomic mass is 35.5. The van der Waals surface area contributed by atoms with Gasteiger partial charge in [0.25, 0.3) is 5.91 Å². The molecule has 0 spiro atoms. The van der Waals surface area contributed by atoms with Crippen LogP contribution in [-0.2, 0) is 6.42 Å². The van der Waals surface area contributed by atoms with Gasteiger partial charge in [0.1, 0.15) is 11.5 Å². The molecule has 7 heteroatoms. The maximum atomic E-state index is 13.2. The van der Waals surface area contributed by atoms with Crippen LogP contribution in [-0.4, -0.2) is 22.4 Å². The number of rotatable bonds is 6. The summed E-state index contributed by atoms with van der Waals surface area (Å²) >= 11 is 5.96. The Morgan fingerprint density at radius 2 is 1.96 bits per heavy atom. The Balaban J connectivity index is 1.59. The maximum absolute atomic E-state index is 13.2. The third-order valence-electron chi connectivity index (χ3n) is 3.56. The number of amides is 1. The van der Waals surface area contributed by atoms with Crippen molar-refractivity contribution in [2.24, 2.45) is 0 Å². The van der Waals surface area contributed by atoms with Crippen LogP contribution >= 0.6 is 11.6 Å². The van der Waals surface area contributed by atoms with Crippen molar-refractivity contribution >= 4 is 29.1 Å². The molecule has 1 aromatic heterocycles. The molecule has 1 heterocycles. The predicted molar refractivity (Wildman–Crippen MR) is 100 cm³/mol. The van der Waals surface area contributed by atoms with Crippen LogP contribution in [0, 0.1) is 5.82 Å². The van der Waals surface area contributed by atoms with Crippen LogP contribution < -0.4 is 10.6 Å². The Kier molecular flexibility index (Phi) is 5.76. The van der Waals surface area contributed by atoms with Crippen molar-refractivity contribution in [1.82, 2.24) is 9.97 Å². The van der Waals surface area contributed by atoms with E-state index in [2.05, 4.69) is 20.6 Å². The number of nitrogens with one attached hydrogen (secondary N) is 2. The monoisotopic (exact) mass is 370 g/mol. The molecule has 0 fully saturated rings. The van der Waals surface area contributed by atoms with Gasteiger partial charge in [-0.3, -0.25) is 4.79 Å². The zero-order valence-corrected chi connectivity index (χ0v) is 14.5. The molecule has 0 aliphatic carbocycles. The minimum absolute atomic E-state index is 0.189. The summed E-state index contributed by atoms with van der Waals surface area (Å²) < 4.78 is 13.2. The van der Waals surface area contributed by atoms with Crippen molar-refractivity contribution in [3.8, 4) is 0 Å². The van der Waals surface area contributed by atoms with Gasteiger partial charge in [-0.2, -0.15) is 0 Å². The molecular formula is C19H16ClFN4O. The molecule has 0 aliphatic heterocycles. The first-order chi connectivity index (χ1) is 12.6. The molecule has 3 aromatic rings. The summed E-state index contributed by atoms with van der Waals surface area (Å²) in [5.74, 6) is -0.510. The number of nitrogens with zero attached hydrogens (tertiary/aromatic N) is 2. The molecule has 0 saturated carbocycles. The van der Waals surface area contributed by atoms with Gasteiger partial charge in [0.15, 0.2) is 0 Å². The summed E-state index contributed by atoms with van der Waals surface area (Å²) in [4.78, 5) is 20.5. The van der Waals surface area contributed by atoms with Crippen molar-refractivity contribution in [2.75, 3.05) is 17.2 Å². The predicted octanol–water partition coefficient (Wildman–Crippen LogP) is 4.18. The lowest BCUT2D eigenvalue weighted by molar-refractivity contribution is 0.102. The van der Waals surface area contributed by atoms with Gasteiger partial charge in [-0.05, 0) is 48.4 Å². The molecule has 2 N–H and O–H groups in total. The fourth-order valence-electron chi connectivity index (χ4n) is 2.34. The van der Waals surface area contributed by atoms with Crippen LogP contribution in [0.2, 0.25) is 5.02 Å².